The highest BCUT2D eigenvalue weighted by Crippen LogP contribution is 2.27. The molecule has 0 aliphatic heterocycles. The minimum absolute atomic E-state index is 0.391. The number of aryl methyl sites for hydroxylation is 2. The number of pyridine rings is 1. The highest BCUT2D eigenvalue weighted by molar-refractivity contribution is 6.31. The van der Waals surface area contributed by atoms with Crippen LogP contribution in [-0.2, 0) is 19.4 Å². The van der Waals surface area contributed by atoms with E-state index < -0.39 is 11.9 Å². The van der Waals surface area contributed by atoms with Crippen LogP contribution in [0, 0.1) is 5.82 Å². The van der Waals surface area contributed by atoms with Crippen LogP contribution in [0.3, 0.4) is 0 Å². The summed E-state index contributed by atoms with van der Waals surface area (Å²) in [5, 5.41) is 5.09. The van der Waals surface area contributed by atoms with Gasteiger partial charge in [0.15, 0.2) is 0 Å². The molecular formula is C14H19ClFN5. The van der Waals surface area contributed by atoms with Gasteiger partial charge in [0.05, 0.1) is 28.6 Å². The Hall–Kier alpha value is -1.50. The van der Waals surface area contributed by atoms with E-state index in [-0.39, 0.29) is 0 Å². The summed E-state index contributed by atoms with van der Waals surface area (Å²) in [6, 6.07) is 1.22. The topological polar surface area (TPSA) is 68.8 Å². The SMILES string of the molecule is CCc1nn(CC)c(CC(NN)c2ccncc2F)c1Cl. The lowest BCUT2D eigenvalue weighted by molar-refractivity contribution is 0.488. The number of aromatic nitrogens is 3. The van der Waals surface area contributed by atoms with Gasteiger partial charge in [0, 0.05) is 24.7 Å². The molecule has 7 heteroatoms. The summed E-state index contributed by atoms with van der Waals surface area (Å²) in [6.45, 7) is 4.69. The van der Waals surface area contributed by atoms with Crippen LogP contribution in [-0.4, -0.2) is 14.8 Å². The van der Waals surface area contributed by atoms with Crippen LogP contribution < -0.4 is 11.3 Å². The summed E-state index contributed by atoms with van der Waals surface area (Å²) in [6.07, 6.45) is 3.93. The van der Waals surface area contributed by atoms with Crippen LogP contribution in [0.25, 0.3) is 0 Å². The van der Waals surface area contributed by atoms with Crippen LogP contribution >= 0.6 is 11.6 Å². The zero-order valence-electron chi connectivity index (χ0n) is 12.1. The average molecular weight is 312 g/mol. The number of hydrogen-bond donors (Lipinski definition) is 2. The first-order chi connectivity index (χ1) is 10.1. The molecule has 0 amide bonds. The first kappa shape index (κ1) is 15.9. The van der Waals surface area contributed by atoms with E-state index >= 15 is 0 Å². The third-order valence-electron chi connectivity index (χ3n) is 3.47. The number of halogens is 2. The van der Waals surface area contributed by atoms with Gasteiger partial charge in [-0.3, -0.25) is 20.9 Å². The molecule has 5 nitrogen and oxygen atoms in total. The summed E-state index contributed by atoms with van der Waals surface area (Å²) >= 11 is 6.38. The molecule has 0 saturated heterocycles. The zero-order chi connectivity index (χ0) is 15.4. The summed E-state index contributed by atoms with van der Waals surface area (Å²) in [4.78, 5) is 3.75. The van der Waals surface area contributed by atoms with E-state index in [9.17, 15) is 4.39 Å². The maximum Gasteiger partial charge on any atom is 0.146 e. The monoisotopic (exact) mass is 311 g/mol. The number of rotatable bonds is 6. The minimum Gasteiger partial charge on any atom is -0.271 e. The normalized spacial score (nSPS) is 12.6. The summed E-state index contributed by atoms with van der Waals surface area (Å²) in [7, 11) is 0. The third-order valence-corrected chi connectivity index (χ3v) is 3.91. The van der Waals surface area contributed by atoms with Crippen molar-refractivity contribution in [3.05, 3.63) is 46.3 Å². The Labute approximate surface area is 128 Å². The second kappa shape index (κ2) is 6.98. The first-order valence-corrected chi connectivity index (χ1v) is 7.29. The largest absolute Gasteiger partial charge is 0.271 e. The van der Waals surface area contributed by atoms with E-state index in [4.69, 9.17) is 17.4 Å². The molecule has 0 aliphatic carbocycles. The molecular weight excluding hydrogens is 293 g/mol. The standard InChI is InChI=1S/C14H19ClFN5/c1-3-11-14(15)13(21(4-2)20-11)7-12(19-17)9-5-6-18-8-10(9)16/h5-6,8,12,19H,3-4,7,17H2,1-2H3. The van der Waals surface area contributed by atoms with E-state index in [0.717, 1.165) is 17.8 Å². The predicted octanol–water partition coefficient (Wildman–Crippen LogP) is 2.40. The zero-order valence-corrected chi connectivity index (χ0v) is 12.9. The number of hydrazine groups is 1. The van der Waals surface area contributed by atoms with Gasteiger partial charge in [0.25, 0.3) is 0 Å². The van der Waals surface area contributed by atoms with Gasteiger partial charge in [-0.25, -0.2) is 4.39 Å². The maximum atomic E-state index is 13.9. The number of nitrogens with zero attached hydrogens (tertiary/aromatic N) is 3. The highest BCUT2D eigenvalue weighted by Gasteiger charge is 2.21. The fraction of sp³-hybridized carbons (Fsp3) is 0.429. The van der Waals surface area contributed by atoms with Gasteiger partial charge in [0.2, 0.25) is 0 Å². The molecule has 1 unspecified atom stereocenters. The quantitative estimate of drug-likeness (QED) is 0.635. The van der Waals surface area contributed by atoms with Crippen molar-refractivity contribution in [2.75, 3.05) is 0 Å². The highest BCUT2D eigenvalue weighted by atomic mass is 35.5. The van der Waals surface area contributed by atoms with Crippen LogP contribution in [0.4, 0.5) is 4.39 Å². The molecule has 0 spiro atoms. The molecule has 21 heavy (non-hydrogen) atoms. The minimum atomic E-state index is -0.394. The molecule has 0 saturated carbocycles. The van der Waals surface area contributed by atoms with E-state index in [1.807, 2.05) is 18.5 Å². The van der Waals surface area contributed by atoms with Crippen molar-refractivity contribution in [3.63, 3.8) is 0 Å². The van der Waals surface area contributed by atoms with E-state index in [0.29, 0.717) is 23.6 Å². The molecule has 0 aliphatic rings. The second-order valence-corrected chi connectivity index (χ2v) is 5.08. The first-order valence-electron chi connectivity index (χ1n) is 6.91. The van der Waals surface area contributed by atoms with Crippen LogP contribution in [0.2, 0.25) is 5.02 Å². The third kappa shape index (κ3) is 3.23. The number of nitrogens with two attached hydrogens (primary N) is 1. The Kier molecular flexibility index (Phi) is 5.27. The van der Waals surface area contributed by atoms with Crippen molar-refractivity contribution < 1.29 is 4.39 Å². The molecule has 2 aromatic rings. The Bertz CT molecular complexity index is 613. The number of nitrogens with one attached hydrogen (secondary N) is 1. The smallest absolute Gasteiger partial charge is 0.146 e. The van der Waals surface area contributed by atoms with Crippen LogP contribution in [0.1, 0.15) is 36.8 Å². The van der Waals surface area contributed by atoms with Crippen LogP contribution in [0.5, 0.6) is 0 Å². The molecule has 2 rings (SSSR count). The number of hydrogen-bond acceptors (Lipinski definition) is 4. The van der Waals surface area contributed by atoms with Gasteiger partial charge in [-0.1, -0.05) is 18.5 Å². The average Bonchev–Trinajstić information content (AvgIpc) is 2.81. The van der Waals surface area contributed by atoms with Crippen molar-refractivity contribution in [1.82, 2.24) is 20.2 Å². The van der Waals surface area contributed by atoms with Gasteiger partial charge in [0.1, 0.15) is 5.82 Å². The molecule has 0 fully saturated rings. The predicted molar refractivity (Wildman–Crippen MR) is 80.3 cm³/mol. The Morgan fingerprint density at radius 1 is 1.48 bits per heavy atom. The van der Waals surface area contributed by atoms with Gasteiger partial charge in [-0.05, 0) is 19.4 Å². The molecule has 0 aromatic carbocycles. The molecule has 2 heterocycles. The van der Waals surface area contributed by atoms with Crippen molar-refractivity contribution in [1.29, 1.82) is 0 Å². The summed E-state index contributed by atoms with van der Waals surface area (Å²) in [5.74, 6) is 5.20. The molecule has 114 valence electrons. The van der Waals surface area contributed by atoms with E-state index in [2.05, 4.69) is 15.5 Å². The second-order valence-electron chi connectivity index (χ2n) is 4.70. The van der Waals surface area contributed by atoms with Gasteiger partial charge in [-0.15, -0.1) is 0 Å². The molecule has 2 aromatic heterocycles. The van der Waals surface area contributed by atoms with Gasteiger partial charge in [-0.2, -0.15) is 5.10 Å². The van der Waals surface area contributed by atoms with Gasteiger partial charge >= 0.3 is 0 Å². The molecule has 3 N–H and O–H groups in total. The van der Waals surface area contributed by atoms with Crippen LogP contribution in [0.15, 0.2) is 18.5 Å². The lowest BCUT2D eigenvalue weighted by Gasteiger charge is -2.17. The van der Waals surface area contributed by atoms with Crippen molar-refractivity contribution in [3.8, 4) is 0 Å². The fourth-order valence-corrected chi connectivity index (χ4v) is 2.68. The van der Waals surface area contributed by atoms with E-state index in [1.54, 1.807) is 12.3 Å². The van der Waals surface area contributed by atoms with Crippen molar-refractivity contribution in [2.45, 2.75) is 39.3 Å². The Balaban J connectivity index is 2.35. The lowest BCUT2D eigenvalue weighted by atomic mass is 10.0. The van der Waals surface area contributed by atoms with E-state index in [1.165, 1.54) is 6.20 Å². The molecule has 0 bridgehead atoms. The van der Waals surface area contributed by atoms with Crippen molar-refractivity contribution in [2.24, 2.45) is 5.84 Å². The Morgan fingerprint density at radius 3 is 2.81 bits per heavy atom. The lowest BCUT2D eigenvalue weighted by Crippen LogP contribution is -2.31. The fourth-order valence-electron chi connectivity index (χ4n) is 2.33. The van der Waals surface area contributed by atoms with Gasteiger partial charge < -0.3 is 0 Å². The summed E-state index contributed by atoms with van der Waals surface area (Å²) in [5.41, 5.74) is 4.81. The molecule has 1 atom stereocenters. The maximum absolute atomic E-state index is 13.9. The summed E-state index contributed by atoms with van der Waals surface area (Å²) < 4.78 is 15.7. The van der Waals surface area contributed by atoms with Crippen molar-refractivity contribution >= 4 is 11.6 Å². The molecule has 0 radical (unpaired) electrons. The Morgan fingerprint density at radius 2 is 2.24 bits per heavy atom.